The molecule has 1 aliphatic rings. The number of aliphatic hydroxyl groups is 1. The molecule has 3 rings (SSSR count). The monoisotopic (exact) mass is 310 g/mol. The maximum absolute atomic E-state index is 11.1. The van der Waals surface area contributed by atoms with Crippen LogP contribution in [0.4, 0.5) is 5.69 Å². The molecule has 0 bridgehead atoms. The minimum Gasteiger partial charge on any atom is -0.384 e. The minimum absolute atomic E-state index is 0.698. The molecule has 2 aromatic rings. The molecule has 0 saturated carbocycles. The fourth-order valence-corrected chi connectivity index (χ4v) is 3.43. The van der Waals surface area contributed by atoms with E-state index in [4.69, 9.17) is 0 Å². The lowest BCUT2D eigenvalue weighted by Gasteiger charge is -2.39. The fraction of sp³-hybridized carbons (Fsp3) is 0.400. The largest absolute Gasteiger partial charge is 0.384 e. The molecule has 0 spiro atoms. The molecule has 1 unspecified atom stereocenters. The Bertz CT molecular complexity index is 641. The van der Waals surface area contributed by atoms with Gasteiger partial charge in [-0.2, -0.15) is 0 Å². The van der Waals surface area contributed by atoms with E-state index in [0.717, 1.165) is 31.5 Å². The molecule has 3 heteroatoms. The number of hydrogen-bond donors (Lipinski definition) is 1. The van der Waals surface area contributed by atoms with Crippen LogP contribution < -0.4 is 4.90 Å². The van der Waals surface area contributed by atoms with Crippen molar-refractivity contribution in [1.82, 2.24) is 4.90 Å². The zero-order valence-electron chi connectivity index (χ0n) is 14.1. The summed E-state index contributed by atoms with van der Waals surface area (Å²) in [7, 11) is 4.13. The second-order valence-electron chi connectivity index (χ2n) is 6.78. The molecule has 1 fully saturated rings. The van der Waals surface area contributed by atoms with Crippen molar-refractivity contribution in [2.45, 2.75) is 25.0 Å². The summed E-state index contributed by atoms with van der Waals surface area (Å²) in [6.07, 6.45) is 1.87. The van der Waals surface area contributed by atoms with Gasteiger partial charge in [0.1, 0.15) is 5.60 Å². The third kappa shape index (κ3) is 3.74. The van der Waals surface area contributed by atoms with Crippen molar-refractivity contribution in [2.75, 3.05) is 32.1 Å². The molecule has 23 heavy (non-hydrogen) atoms. The van der Waals surface area contributed by atoms with E-state index < -0.39 is 5.60 Å². The Hall–Kier alpha value is -1.84. The van der Waals surface area contributed by atoms with Gasteiger partial charge in [-0.1, -0.05) is 42.5 Å². The number of nitrogens with zero attached hydrogens (tertiary/aromatic N) is 2. The Labute approximate surface area is 139 Å². The van der Waals surface area contributed by atoms with Crippen LogP contribution in [0.3, 0.4) is 0 Å². The van der Waals surface area contributed by atoms with Gasteiger partial charge < -0.3 is 10.0 Å². The van der Waals surface area contributed by atoms with Crippen LogP contribution in [0.2, 0.25) is 0 Å². The molecule has 122 valence electrons. The maximum atomic E-state index is 11.1. The molecular formula is C20H26N2O. The van der Waals surface area contributed by atoms with Crippen molar-refractivity contribution >= 4 is 5.69 Å². The molecule has 0 aromatic heterocycles. The van der Waals surface area contributed by atoms with E-state index in [2.05, 4.69) is 48.2 Å². The normalized spacial score (nSPS) is 22.0. The van der Waals surface area contributed by atoms with E-state index >= 15 is 0 Å². The number of likely N-dealkylation sites (tertiary alicyclic amines) is 1. The van der Waals surface area contributed by atoms with Gasteiger partial charge in [-0.05, 0) is 42.6 Å². The van der Waals surface area contributed by atoms with Crippen molar-refractivity contribution in [3.8, 4) is 0 Å². The molecule has 1 aliphatic heterocycles. The fourth-order valence-electron chi connectivity index (χ4n) is 3.43. The van der Waals surface area contributed by atoms with Crippen molar-refractivity contribution in [1.29, 1.82) is 0 Å². The number of rotatable bonds is 4. The molecule has 1 atom stereocenters. The average molecular weight is 310 g/mol. The van der Waals surface area contributed by atoms with Gasteiger partial charge in [-0.3, -0.25) is 4.90 Å². The van der Waals surface area contributed by atoms with Crippen LogP contribution in [-0.4, -0.2) is 37.2 Å². The standard InChI is InChI=1S/C20H26N2O/c1-21(2)19-11-6-8-17(14-19)15-22-13-7-12-20(23,16-22)18-9-4-3-5-10-18/h3-6,8-11,14,23H,7,12-13,15-16H2,1-2H3. The summed E-state index contributed by atoms with van der Waals surface area (Å²) in [6, 6.07) is 18.7. The van der Waals surface area contributed by atoms with Crippen molar-refractivity contribution < 1.29 is 5.11 Å². The summed E-state index contributed by atoms with van der Waals surface area (Å²) in [5.74, 6) is 0. The second-order valence-corrected chi connectivity index (χ2v) is 6.78. The molecule has 2 aromatic carbocycles. The van der Waals surface area contributed by atoms with Gasteiger partial charge in [0.05, 0.1) is 0 Å². The van der Waals surface area contributed by atoms with E-state index in [1.807, 2.05) is 30.3 Å². The third-order valence-electron chi connectivity index (χ3n) is 4.69. The second kappa shape index (κ2) is 6.73. The highest BCUT2D eigenvalue weighted by Crippen LogP contribution is 2.32. The lowest BCUT2D eigenvalue weighted by Crippen LogP contribution is -2.45. The Morgan fingerprint density at radius 2 is 1.87 bits per heavy atom. The topological polar surface area (TPSA) is 26.7 Å². The summed E-state index contributed by atoms with van der Waals surface area (Å²) in [5, 5.41) is 11.1. The van der Waals surface area contributed by atoms with E-state index in [1.54, 1.807) is 0 Å². The number of anilines is 1. The van der Waals surface area contributed by atoms with Gasteiger partial charge in [0.2, 0.25) is 0 Å². The first kappa shape index (κ1) is 16.0. The van der Waals surface area contributed by atoms with Crippen LogP contribution in [0, 0.1) is 0 Å². The number of benzene rings is 2. The van der Waals surface area contributed by atoms with E-state index in [1.165, 1.54) is 11.3 Å². The Morgan fingerprint density at radius 1 is 1.09 bits per heavy atom. The number of β-amino-alcohol motifs (C(OH)–C–C–N with tert-alkyl or cyclic N) is 1. The van der Waals surface area contributed by atoms with Crippen LogP contribution in [-0.2, 0) is 12.1 Å². The summed E-state index contributed by atoms with van der Waals surface area (Å²) in [5.41, 5.74) is 2.83. The SMILES string of the molecule is CN(C)c1cccc(CN2CCCC(O)(c3ccccc3)C2)c1. The average Bonchev–Trinajstić information content (AvgIpc) is 2.56. The highest BCUT2D eigenvalue weighted by atomic mass is 16.3. The van der Waals surface area contributed by atoms with Crippen LogP contribution in [0.1, 0.15) is 24.0 Å². The predicted molar refractivity (Wildman–Crippen MR) is 95.6 cm³/mol. The number of piperidine rings is 1. The van der Waals surface area contributed by atoms with Crippen molar-refractivity contribution in [3.63, 3.8) is 0 Å². The lowest BCUT2D eigenvalue weighted by atomic mass is 9.85. The zero-order valence-corrected chi connectivity index (χ0v) is 14.1. The molecule has 3 nitrogen and oxygen atoms in total. The summed E-state index contributed by atoms with van der Waals surface area (Å²) in [4.78, 5) is 4.49. The van der Waals surface area contributed by atoms with Crippen molar-refractivity contribution in [3.05, 3.63) is 65.7 Å². The lowest BCUT2D eigenvalue weighted by molar-refractivity contribution is -0.0381. The van der Waals surface area contributed by atoms with E-state index in [0.29, 0.717) is 6.54 Å². The first-order chi connectivity index (χ1) is 11.1. The van der Waals surface area contributed by atoms with Gasteiger partial charge in [0.15, 0.2) is 0 Å². The summed E-state index contributed by atoms with van der Waals surface area (Å²) >= 11 is 0. The predicted octanol–water partition coefficient (Wildman–Crippen LogP) is 3.24. The Balaban J connectivity index is 1.73. The Kier molecular flexibility index (Phi) is 4.69. The molecule has 1 heterocycles. The van der Waals surface area contributed by atoms with E-state index in [9.17, 15) is 5.11 Å². The summed E-state index contributed by atoms with van der Waals surface area (Å²) in [6.45, 7) is 2.63. The van der Waals surface area contributed by atoms with E-state index in [-0.39, 0.29) is 0 Å². The number of hydrogen-bond acceptors (Lipinski definition) is 3. The quantitative estimate of drug-likeness (QED) is 0.939. The van der Waals surface area contributed by atoms with Gasteiger partial charge in [0.25, 0.3) is 0 Å². The molecular weight excluding hydrogens is 284 g/mol. The molecule has 1 saturated heterocycles. The highest BCUT2D eigenvalue weighted by molar-refractivity contribution is 5.47. The third-order valence-corrected chi connectivity index (χ3v) is 4.69. The summed E-state index contributed by atoms with van der Waals surface area (Å²) < 4.78 is 0. The Morgan fingerprint density at radius 3 is 2.61 bits per heavy atom. The van der Waals surface area contributed by atoms with Crippen molar-refractivity contribution in [2.24, 2.45) is 0 Å². The molecule has 0 amide bonds. The minimum atomic E-state index is -0.724. The van der Waals surface area contributed by atoms with Crippen LogP contribution >= 0.6 is 0 Å². The smallest absolute Gasteiger partial charge is 0.102 e. The van der Waals surface area contributed by atoms with Crippen LogP contribution in [0.15, 0.2) is 54.6 Å². The van der Waals surface area contributed by atoms with Gasteiger partial charge >= 0.3 is 0 Å². The van der Waals surface area contributed by atoms with Crippen LogP contribution in [0.25, 0.3) is 0 Å². The molecule has 0 radical (unpaired) electrons. The zero-order chi connectivity index (χ0) is 16.3. The molecule has 0 aliphatic carbocycles. The molecule has 1 N–H and O–H groups in total. The van der Waals surface area contributed by atoms with Gasteiger partial charge in [-0.25, -0.2) is 0 Å². The van der Waals surface area contributed by atoms with Gasteiger partial charge in [0, 0.05) is 32.9 Å². The first-order valence-electron chi connectivity index (χ1n) is 8.33. The van der Waals surface area contributed by atoms with Crippen LogP contribution in [0.5, 0.6) is 0 Å². The van der Waals surface area contributed by atoms with Gasteiger partial charge in [-0.15, -0.1) is 0 Å². The highest BCUT2D eigenvalue weighted by Gasteiger charge is 2.34. The first-order valence-corrected chi connectivity index (χ1v) is 8.33. The maximum Gasteiger partial charge on any atom is 0.102 e.